The van der Waals surface area contributed by atoms with Gasteiger partial charge in [-0.05, 0) is 25.3 Å². The molecular weight excluding hydrogens is 286 g/mol. The van der Waals surface area contributed by atoms with Crippen molar-refractivity contribution >= 4 is 28.1 Å². The van der Waals surface area contributed by atoms with Gasteiger partial charge in [-0.25, -0.2) is 9.78 Å². The molecule has 0 aliphatic heterocycles. The van der Waals surface area contributed by atoms with Crippen LogP contribution in [-0.4, -0.2) is 23.3 Å². The highest BCUT2D eigenvalue weighted by Gasteiger charge is 2.17. The Bertz CT molecular complexity index is 694. The number of anilines is 1. The fraction of sp³-hybridized carbons (Fsp3) is 0.267. The molecule has 108 valence electrons. The van der Waals surface area contributed by atoms with Crippen LogP contribution in [0.3, 0.4) is 0 Å². The summed E-state index contributed by atoms with van der Waals surface area (Å²) >= 11 is 1.34. The number of ether oxygens (including phenoxy) is 1. The van der Waals surface area contributed by atoms with Gasteiger partial charge in [0.1, 0.15) is 0 Å². The van der Waals surface area contributed by atoms with Crippen LogP contribution >= 0.6 is 11.3 Å². The Morgan fingerprint density at radius 2 is 2.29 bits per heavy atom. The molecule has 0 atom stereocenters. The van der Waals surface area contributed by atoms with Crippen LogP contribution in [0.5, 0.6) is 0 Å². The molecule has 0 bridgehead atoms. The predicted octanol–water partition coefficient (Wildman–Crippen LogP) is 3.08. The normalized spacial score (nSPS) is 15.0. The van der Waals surface area contributed by atoms with Crippen LogP contribution in [0, 0.1) is 0 Å². The zero-order valence-electron chi connectivity index (χ0n) is 11.6. The molecule has 21 heavy (non-hydrogen) atoms. The predicted molar refractivity (Wildman–Crippen MR) is 83.0 cm³/mol. The number of nitrogens with one attached hydrogen (secondary N) is 1. The molecule has 1 aliphatic rings. The second-order valence-electron chi connectivity index (χ2n) is 4.59. The van der Waals surface area contributed by atoms with Gasteiger partial charge in [0.05, 0.1) is 12.3 Å². The number of carbonyl (C=O) groups is 1. The number of thiazole rings is 1. The Balaban J connectivity index is 1.71. The number of benzene rings is 1. The van der Waals surface area contributed by atoms with Gasteiger partial charge >= 0.3 is 5.97 Å². The molecule has 0 unspecified atom stereocenters. The second-order valence-corrected chi connectivity index (χ2v) is 5.44. The Hall–Kier alpha value is -2.21. The summed E-state index contributed by atoms with van der Waals surface area (Å²) in [5.74, 6) is -0.402. The van der Waals surface area contributed by atoms with Crippen molar-refractivity contribution in [3.63, 3.8) is 0 Å². The molecule has 0 saturated carbocycles. The van der Waals surface area contributed by atoms with Gasteiger partial charge in [0.2, 0.25) is 5.13 Å². The number of nitrogens with zero attached hydrogens (tertiary/aromatic N) is 2. The number of hydrogen-bond acceptors (Lipinski definition) is 6. The zero-order chi connectivity index (χ0) is 14.7. The third kappa shape index (κ3) is 2.95. The fourth-order valence-electron chi connectivity index (χ4n) is 2.26. The summed E-state index contributed by atoms with van der Waals surface area (Å²) < 4.78 is 4.91. The SMILES string of the molecule is CCOC(=O)c1csc(NN=C2CCc3ccccc32)n1. The van der Waals surface area contributed by atoms with E-state index in [2.05, 4.69) is 27.6 Å². The van der Waals surface area contributed by atoms with E-state index in [-0.39, 0.29) is 0 Å². The number of fused-ring (bicyclic) bond motifs is 1. The maximum absolute atomic E-state index is 11.5. The lowest BCUT2D eigenvalue weighted by Crippen LogP contribution is -2.05. The third-order valence-corrected chi connectivity index (χ3v) is 3.98. The monoisotopic (exact) mass is 301 g/mol. The number of esters is 1. The minimum absolute atomic E-state index is 0.316. The molecule has 1 aliphatic carbocycles. The maximum atomic E-state index is 11.5. The van der Waals surface area contributed by atoms with Gasteiger partial charge in [-0.1, -0.05) is 24.3 Å². The van der Waals surface area contributed by atoms with Crippen LogP contribution in [-0.2, 0) is 11.2 Å². The number of carbonyl (C=O) groups excluding carboxylic acids is 1. The molecule has 5 nitrogen and oxygen atoms in total. The minimum atomic E-state index is -0.402. The number of hydrazone groups is 1. The first kappa shape index (κ1) is 13.8. The number of aromatic nitrogens is 1. The van der Waals surface area contributed by atoms with E-state index in [4.69, 9.17) is 4.74 Å². The van der Waals surface area contributed by atoms with E-state index in [1.165, 1.54) is 22.5 Å². The van der Waals surface area contributed by atoms with Crippen molar-refractivity contribution in [1.29, 1.82) is 0 Å². The Labute approximate surface area is 126 Å². The van der Waals surface area contributed by atoms with Crippen molar-refractivity contribution in [2.45, 2.75) is 19.8 Å². The smallest absolute Gasteiger partial charge is 0.357 e. The van der Waals surface area contributed by atoms with Crippen LogP contribution in [0.4, 0.5) is 5.13 Å². The van der Waals surface area contributed by atoms with E-state index in [1.54, 1.807) is 12.3 Å². The van der Waals surface area contributed by atoms with Gasteiger partial charge in [-0.15, -0.1) is 11.3 Å². The summed E-state index contributed by atoms with van der Waals surface area (Å²) in [6.07, 6.45) is 1.94. The van der Waals surface area contributed by atoms with E-state index >= 15 is 0 Å². The summed E-state index contributed by atoms with van der Waals surface area (Å²) in [6.45, 7) is 2.12. The lowest BCUT2D eigenvalue weighted by molar-refractivity contribution is 0.0520. The van der Waals surface area contributed by atoms with Crippen LogP contribution in [0.1, 0.15) is 35.0 Å². The van der Waals surface area contributed by atoms with E-state index in [0.717, 1.165) is 18.6 Å². The van der Waals surface area contributed by atoms with E-state index in [1.807, 2.05) is 12.1 Å². The summed E-state index contributed by atoms with van der Waals surface area (Å²) in [7, 11) is 0. The Kier molecular flexibility index (Phi) is 3.96. The topological polar surface area (TPSA) is 63.6 Å². The average Bonchev–Trinajstić information content (AvgIpc) is 3.12. The van der Waals surface area contributed by atoms with Gasteiger partial charge in [-0.3, -0.25) is 5.43 Å². The summed E-state index contributed by atoms with van der Waals surface area (Å²) in [6, 6.07) is 8.26. The van der Waals surface area contributed by atoms with E-state index in [9.17, 15) is 4.79 Å². The fourth-order valence-corrected chi connectivity index (χ4v) is 2.88. The highest BCUT2D eigenvalue weighted by atomic mass is 32.1. The van der Waals surface area contributed by atoms with Crippen LogP contribution in [0.15, 0.2) is 34.7 Å². The van der Waals surface area contributed by atoms with Crippen molar-refractivity contribution in [2.75, 3.05) is 12.0 Å². The molecule has 1 N–H and O–H groups in total. The molecule has 0 amide bonds. The van der Waals surface area contributed by atoms with Crippen LogP contribution in [0.2, 0.25) is 0 Å². The van der Waals surface area contributed by atoms with Crippen molar-refractivity contribution < 1.29 is 9.53 Å². The maximum Gasteiger partial charge on any atom is 0.357 e. The van der Waals surface area contributed by atoms with E-state index < -0.39 is 5.97 Å². The number of aryl methyl sites for hydroxylation is 1. The number of hydrogen-bond donors (Lipinski definition) is 1. The average molecular weight is 301 g/mol. The molecular formula is C15H15N3O2S. The van der Waals surface area contributed by atoms with Gasteiger partial charge in [-0.2, -0.15) is 5.10 Å². The molecule has 1 heterocycles. The van der Waals surface area contributed by atoms with Crippen molar-refractivity contribution in [3.05, 3.63) is 46.5 Å². The third-order valence-electron chi connectivity index (χ3n) is 3.23. The van der Waals surface area contributed by atoms with E-state index in [0.29, 0.717) is 17.4 Å². The highest BCUT2D eigenvalue weighted by Crippen LogP contribution is 2.23. The zero-order valence-corrected chi connectivity index (χ0v) is 12.4. The summed E-state index contributed by atoms with van der Waals surface area (Å²) in [4.78, 5) is 15.7. The van der Waals surface area contributed by atoms with Gasteiger partial charge in [0, 0.05) is 10.9 Å². The lowest BCUT2D eigenvalue weighted by atomic mass is 10.1. The molecule has 6 heteroatoms. The Morgan fingerprint density at radius 1 is 1.43 bits per heavy atom. The first-order valence-electron chi connectivity index (χ1n) is 6.81. The molecule has 0 radical (unpaired) electrons. The first-order chi connectivity index (χ1) is 10.3. The van der Waals surface area contributed by atoms with Crippen LogP contribution < -0.4 is 5.43 Å². The van der Waals surface area contributed by atoms with Crippen molar-refractivity contribution in [2.24, 2.45) is 5.10 Å². The minimum Gasteiger partial charge on any atom is -0.461 e. The van der Waals surface area contributed by atoms with Crippen LogP contribution in [0.25, 0.3) is 0 Å². The molecule has 0 saturated heterocycles. The lowest BCUT2D eigenvalue weighted by Gasteiger charge is -2.00. The molecule has 2 aromatic rings. The second kappa shape index (κ2) is 6.05. The standard InChI is InChI=1S/C15H15N3O2S/c1-2-20-14(19)13-9-21-15(16-13)18-17-12-8-7-10-5-3-4-6-11(10)12/h3-6,9H,2,7-8H2,1H3,(H,16,18). The van der Waals surface area contributed by atoms with Gasteiger partial charge in [0.25, 0.3) is 0 Å². The first-order valence-corrected chi connectivity index (χ1v) is 7.69. The van der Waals surface area contributed by atoms with Gasteiger partial charge in [0.15, 0.2) is 5.69 Å². The van der Waals surface area contributed by atoms with Crippen molar-refractivity contribution in [1.82, 2.24) is 4.98 Å². The molecule has 0 spiro atoms. The summed E-state index contributed by atoms with van der Waals surface area (Å²) in [5.41, 5.74) is 6.79. The largest absolute Gasteiger partial charge is 0.461 e. The molecule has 3 rings (SSSR count). The van der Waals surface area contributed by atoms with Gasteiger partial charge < -0.3 is 4.74 Å². The quantitative estimate of drug-likeness (QED) is 0.696. The van der Waals surface area contributed by atoms with Crippen molar-refractivity contribution in [3.8, 4) is 0 Å². The molecule has 1 aromatic carbocycles. The highest BCUT2D eigenvalue weighted by molar-refractivity contribution is 7.13. The molecule has 0 fully saturated rings. The molecule has 1 aromatic heterocycles. The Morgan fingerprint density at radius 3 is 3.14 bits per heavy atom. The summed E-state index contributed by atoms with van der Waals surface area (Å²) in [5, 5.41) is 6.68. The number of rotatable bonds is 4.